The van der Waals surface area contributed by atoms with E-state index in [1.807, 2.05) is 36.5 Å². The molecule has 0 aliphatic heterocycles. The van der Waals surface area contributed by atoms with E-state index in [2.05, 4.69) is 32.4 Å². The lowest BCUT2D eigenvalue weighted by Crippen LogP contribution is -2.18. The molecule has 148 valence electrons. The minimum Gasteiger partial charge on any atom is -0.394 e. The molecule has 8 nitrogen and oxygen atoms in total. The van der Waals surface area contributed by atoms with Crippen LogP contribution < -0.4 is 0 Å². The Labute approximate surface area is 167 Å². The molecule has 0 aliphatic carbocycles. The van der Waals surface area contributed by atoms with Crippen LogP contribution in [0.25, 0.3) is 16.6 Å². The Kier molecular flexibility index (Phi) is 5.46. The number of fused-ring (bicyclic) bond motifs is 2. The lowest BCUT2D eigenvalue weighted by Gasteiger charge is -2.07. The number of rotatable bonds is 7. The van der Waals surface area contributed by atoms with Crippen molar-refractivity contribution in [3.05, 3.63) is 71.8 Å². The second kappa shape index (κ2) is 8.34. The summed E-state index contributed by atoms with van der Waals surface area (Å²) < 4.78 is 1.80. The van der Waals surface area contributed by atoms with E-state index < -0.39 is 6.10 Å². The molecule has 0 amide bonds. The number of aliphatic hydroxyl groups excluding tert-OH is 2. The van der Waals surface area contributed by atoms with E-state index in [4.69, 9.17) is 9.94 Å². The molecule has 8 heteroatoms. The first-order chi connectivity index (χ1) is 14.1. The molecule has 0 saturated carbocycles. The van der Waals surface area contributed by atoms with Gasteiger partial charge in [0.1, 0.15) is 24.1 Å². The van der Waals surface area contributed by atoms with Crippen molar-refractivity contribution < 1.29 is 15.1 Å². The maximum atomic E-state index is 9.32. The summed E-state index contributed by atoms with van der Waals surface area (Å²) in [7, 11) is 0. The zero-order valence-corrected chi connectivity index (χ0v) is 15.9. The summed E-state index contributed by atoms with van der Waals surface area (Å²) >= 11 is 0. The molecule has 0 bridgehead atoms. The number of hydrogen-bond donors (Lipinski definition) is 2. The Hall–Kier alpha value is -3.36. The van der Waals surface area contributed by atoms with Gasteiger partial charge in [0.15, 0.2) is 5.65 Å². The van der Waals surface area contributed by atoms with Crippen molar-refractivity contribution >= 4 is 22.3 Å². The highest BCUT2D eigenvalue weighted by molar-refractivity contribution is 5.96. The number of aromatic nitrogens is 4. The summed E-state index contributed by atoms with van der Waals surface area (Å²) in [6.45, 7) is 1.32. The zero-order valence-electron chi connectivity index (χ0n) is 15.9. The average molecular weight is 391 g/mol. The van der Waals surface area contributed by atoms with Crippen molar-refractivity contribution in [3.63, 3.8) is 0 Å². The molecule has 1 aromatic carbocycles. The van der Waals surface area contributed by atoms with E-state index in [1.54, 1.807) is 17.6 Å². The van der Waals surface area contributed by atoms with E-state index in [0.717, 1.165) is 27.8 Å². The summed E-state index contributed by atoms with van der Waals surface area (Å²) in [6, 6.07) is 13.9. The van der Waals surface area contributed by atoms with E-state index >= 15 is 0 Å². The van der Waals surface area contributed by atoms with Gasteiger partial charge in [0.2, 0.25) is 0 Å². The molecule has 0 saturated heterocycles. The molecule has 1 atom stereocenters. The van der Waals surface area contributed by atoms with Crippen molar-refractivity contribution in [2.45, 2.75) is 19.4 Å². The second-order valence-corrected chi connectivity index (χ2v) is 6.75. The molecule has 0 radical (unpaired) electrons. The molecule has 0 spiro atoms. The van der Waals surface area contributed by atoms with Crippen LogP contribution in [0.4, 0.5) is 0 Å². The van der Waals surface area contributed by atoms with E-state index in [1.165, 1.54) is 0 Å². The second-order valence-electron chi connectivity index (χ2n) is 6.75. The zero-order chi connectivity index (χ0) is 20.2. The minimum atomic E-state index is -0.959. The van der Waals surface area contributed by atoms with Gasteiger partial charge in [-0.05, 0) is 42.8 Å². The SMILES string of the molecule is C/C(=N\OCC(O)CO)c1ccc2ncc(Cc3ccc4ncccc4c3)n2n1. The predicted molar refractivity (Wildman–Crippen MR) is 109 cm³/mol. The van der Waals surface area contributed by atoms with Crippen LogP contribution in [0.15, 0.2) is 60.0 Å². The topological polar surface area (TPSA) is 105 Å². The number of oxime groups is 1. The Morgan fingerprint density at radius 1 is 1.21 bits per heavy atom. The van der Waals surface area contributed by atoms with Gasteiger partial charge in [-0.3, -0.25) is 4.98 Å². The fourth-order valence-electron chi connectivity index (χ4n) is 3.00. The molecule has 1 unspecified atom stereocenters. The fourth-order valence-corrected chi connectivity index (χ4v) is 3.00. The van der Waals surface area contributed by atoms with Gasteiger partial charge in [0.05, 0.1) is 24.0 Å². The van der Waals surface area contributed by atoms with Gasteiger partial charge in [-0.15, -0.1) is 0 Å². The van der Waals surface area contributed by atoms with Gasteiger partial charge in [0.25, 0.3) is 0 Å². The number of hydrogen-bond acceptors (Lipinski definition) is 7. The number of imidazole rings is 1. The Morgan fingerprint density at radius 3 is 2.97 bits per heavy atom. The highest BCUT2D eigenvalue weighted by Crippen LogP contribution is 2.17. The Bertz CT molecular complexity index is 1170. The van der Waals surface area contributed by atoms with Crippen molar-refractivity contribution in [1.29, 1.82) is 0 Å². The van der Waals surface area contributed by atoms with Gasteiger partial charge in [-0.1, -0.05) is 17.3 Å². The molecule has 0 aliphatic rings. The molecule has 3 aromatic heterocycles. The van der Waals surface area contributed by atoms with Crippen LogP contribution in [0.3, 0.4) is 0 Å². The van der Waals surface area contributed by atoms with Crippen LogP contribution in [-0.2, 0) is 11.3 Å². The first-order valence-corrected chi connectivity index (χ1v) is 9.27. The maximum Gasteiger partial charge on any atom is 0.153 e. The number of benzene rings is 1. The monoisotopic (exact) mass is 391 g/mol. The molecule has 3 heterocycles. The van der Waals surface area contributed by atoms with E-state index in [0.29, 0.717) is 17.8 Å². The van der Waals surface area contributed by atoms with Crippen molar-refractivity contribution in [3.8, 4) is 0 Å². The third-order valence-corrected chi connectivity index (χ3v) is 4.54. The van der Waals surface area contributed by atoms with Gasteiger partial charge in [-0.25, -0.2) is 9.50 Å². The van der Waals surface area contributed by atoms with Crippen LogP contribution in [0.1, 0.15) is 23.9 Å². The summed E-state index contributed by atoms with van der Waals surface area (Å²) in [6.07, 6.45) is 3.33. The lowest BCUT2D eigenvalue weighted by atomic mass is 10.1. The number of aliphatic hydroxyl groups is 2. The standard InChI is InChI=1S/C21H21N5O3/c1-14(25-29-13-18(28)12-27)19-6-7-21-23-11-17(26(21)24-19)10-15-4-5-20-16(9-15)3-2-8-22-20/h2-9,11,18,27-28H,10,12-13H2,1H3/b25-14+. The summed E-state index contributed by atoms with van der Waals surface area (Å²) in [5.74, 6) is 0. The smallest absolute Gasteiger partial charge is 0.153 e. The van der Waals surface area contributed by atoms with Gasteiger partial charge in [0, 0.05) is 18.0 Å². The summed E-state index contributed by atoms with van der Waals surface area (Å²) in [5.41, 5.74) is 5.01. The van der Waals surface area contributed by atoms with Crippen molar-refractivity contribution in [2.75, 3.05) is 13.2 Å². The molecular weight excluding hydrogens is 370 g/mol. The third kappa shape index (κ3) is 4.23. The molecule has 4 aromatic rings. The van der Waals surface area contributed by atoms with Crippen LogP contribution >= 0.6 is 0 Å². The van der Waals surface area contributed by atoms with Crippen LogP contribution in [0.5, 0.6) is 0 Å². The molecule has 0 fully saturated rings. The van der Waals surface area contributed by atoms with Gasteiger partial charge in [-0.2, -0.15) is 5.10 Å². The highest BCUT2D eigenvalue weighted by atomic mass is 16.6. The number of nitrogens with zero attached hydrogens (tertiary/aromatic N) is 5. The van der Waals surface area contributed by atoms with Gasteiger partial charge < -0.3 is 15.1 Å². The highest BCUT2D eigenvalue weighted by Gasteiger charge is 2.10. The quantitative estimate of drug-likeness (QED) is 0.369. The van der Waals surface area contributed by atoms with E-state index in [-0.39, 0.29) is 13.2 Å². The van der Waals surface area contributed by atoms with Crippen LogP contribution in [0.2, 0.25) is 0 Å². The first kappa shape index (κ1) is 19.0. The molecular formula is C21H21N5O3. The van der Waals surface area contributed by atoms with Crippen molar-refractivity contribution in [1.82, 2.24) is 19.6 Å². The Morgan fingerprint density at radius 2 is 2.10 bits per heavy atom. The largest absolute Gasteiger partial charge is 0.394 e. The minimum absolute atomic E-state index is 0.0801. The third-order valence-electron chi connectivity index (χ3n) is 4.54. The molecule has 2 N–H and O–H groups in total. The van der Waals surface area contributed by atoms with Crippen LogP contribution in [-0.4, -0.2) is 54.8 Å². The number of pyridine rings is 1. The first-order valence-electron chi connectivity index (χ1n) is 9.27. The normalized spacial score (nSPS) is 13.1. The van der Waals surface area contributed by atoms with Crippen LogP contribution in [0, 0.1) is 0 Å². The molecule has 4 rings (SSSR count). The summed E-state index contributed by atoms with van der Waals surface area (Å²) in [5, 5.41) is 27.8. The average Bonchev–Trinajstić information content (AvgIpc) is 3.15. The Balaban J connectivity index is 1.58. The maximum absolute atomic E-state index is 9.32. The molecule has 29 heavy (non-hydrogen) atoms. The van der Waals surface area contributed by atoms with Crippen molar-refractivity contribution in [2.24, 2.45) is 5.16 Å². The lowest BCUT2D eigenvalue weighted by molar-refractivity contribution is 0.00831. The fraction of sp³-hybridized carbons (Fsp3) is 0.238. The summed E-state index contributed by atoms with van der Waals surface area (Å²) in [4.78, 5) is 13.9. The predicted octanol–water partition coefficient (Wildman–Crippen LogP) is 1.96. The van der Waals surface area contributed by atoms with E-state index in [9.17, 15) is 5.11 Å². The van der Waals surface area contributed by atoms with Gasteiger partial charge >= 0.3 is 0 Å².